The lowest BCUT2D eigenvalue weighted by molar-refractivity contribution is -0.274. The Morgan fingerprint density at radius 1 is 0.941 bits per heavy atom. The van der Waals surface area contributed by atoms with Crippen LogP contribution >= 0.6 is 0 Å². The van der Waals surface area contributed by atoms with Crippen LogP contribution in [0.5, 0.6) is 5.75 Å². The van der Waals surface area contributed by atoms with E-state index in [0.29, 0.717) is 0 Å². The van der Waals surface area contributed by atoms with Crippen LogP contribution in [0.4, 0.5) is 18.0 Å². The summed E-state index contributed by atoms with van der Waals surface area (Å²) in [6, 6.07) is 21.7. The molecule has 0 fully saturated rings. The quantitative estimate of drug-likeness (QED) is 0.470. The molecular formula is C26H24F3NO4. The number of alkyl halides is 3. The largest absolute Gasteiger partial charge is 0.573 e. The van der Waals surface area contributed by atoms with Crippen LogP contribution in [0.25, 0.3) is 11.1 Å². The summed E-state index contributed by atoms with van der Waals surface area (Å²) in [5.41, 5.74) is 4.70. The van der Waals surface area contributed by atoms with Gasteiger partial charge in [0.2, 0.25) is 0 Å². The zero-order chi connectivity index (χ0) is 24.1. The summed E-state index contributed by atoms with van der Waals surface area (Å²) in [6.07, 6.45) is -5.38. The van der Waals surface area contributed by atoms with E-state index in [1.54, 1.807) is 6.07 Å². The van der Waals surface area contributed by atoms with Crippen LogP contribution in [0.15, 0.2) is 72.8 Å². The first-order valence-corrected chi connectivity index (χ1v) is 10.9. The predicted octanol–water partition coefficient (Wildman–Crippen LogP) is 5.27. The normalized spacial score (nSPS) is 13.6. The molecule has 1 aliphatic carbocycles. The van der Waals surface area contributed by atoms with Gasteiger partial charge in [-0.2, -0.15) is 0 Å². The smallest absolute Gasteiger partial charge is 0.449 e. The molecule has 0 bridgehead atoms. The summed E-state index contributed by atoms with van der Waals surface area (Å²) >= 11 is 0. The summed E-state index contributed by atoms with van der Waals surface area (Å²) in [5.74, 6) is -0.925. The molecule has 3 aromatic rings. The highest BCUT2D eigenvalue weighted by atomic mass is 19.4. The maximum Gasteiger partial charge on any atom is 0.573 e. The van der Waals surface area contributed by atoms with Gasteiger partial charge in [0, 0.05) is 25.0 Å². The highest BCUT2D eigenvalue weighted by molar-refractivity contribution is 5.79. The third-order valence-corrected chi connectivity index (χ3v) is 5.84. The average molecular weight is 471 g/mol. The van der Waals surface area contributed by atoms with Crippen LogP contribution in [-0.4, -0.2) is 37.3 Å². The van der Waals surface area contributed by atoms with Crippen molar-refractivity contribution < 1.29 is 32.5 Å². The fraction of sp³-hybridized carbons (Fsp3) is 0.269. The van der Waals surface area contributed by atoms with Crippen molar-refractivity contribution in [3.05, 3.63) is 89.5 Å². The molecule has 0 heterocycles. The lowest BCUT2D eigenvalue weighted by atomic mass is 9.98. The van der Waals surface area contributed by atoms with Gasteiger partial charge in [-0.25, -0.2) is 4.79 Å². The molecule has 0 radical (unpaired) electrons. The minimum Gasteiger partial charge on any atom is -0.449 e. The summed E-state index contributed by atoms with van der Waals surface area (Å²) in [5, 5.41) is 12.3. The Kier molecular flexibility index (Phi) is 7.07. The van der Waals surface area contributed by atoms with Gasteiger partial charge in [-0.05, 0) is 40.3 Å². The Hall–Kier alpha value is -3.52. The summed E-state index contributed by atoms with van der Waals surface area (Å²) < 4.78 is 47.5. The first-order valence-electron chi connectivity index (χ1n) is 10.9. The first kappa shape index (κ1) is 23.6. The third kappa shape index (κ3) is 5.51. The SMILES string of the molecule is O=C(NCC(CO)Cc1ccccc1OC(F)(F)F)OCC1c2ccccc2-c2ccccc21. The van der Waals surface area contributed by atoms with Gasteiger partial charge in [0.05, 0.1) is 0 Å². The number of hydrogen-bond donors (Lipinski definition) is 2. The number of halogens is 3. The number of hydrogen-bond acceptors (Lipinski definition) is 4. The van der Waals surface area contributed by atoms with Gasteiger partial charge in [-0.1, -0.05) is 66.7 Å². The molecule has 0 saturated carbocycles. The molecule has 1 unspecified atom stereocenters. The maximum absolute atomic E-state index is 12.6. The first-order chi connectivity index (χ1) is 16.4. The Balaban J connectivity index is 1.34. The number of para-hydroxylation sites is 1. The molecule has 4 rings (SSSR count). The Morgan fingerprint density at radius 3 is 2.15 bits per heavy atom. The van der Waals surface area contributed by atoms with Crippen LogP contribution < -0.4 is 10.1 Å². The van der Waals surface area contributed by atoms with E-state index in [1.807, 2.05) is 48.5 Å². The monoisotopic (exact) mass is 471 g/mol. The minimum absolute atomic E-state index is 0.0352. The second-order valence-corrected chi connectivity index (χ2v) is 8.11. The number of nitrogens with one attached hydrogen (secondary N) is 1. The molecule has 0 saturated heterocycles. The Bertz CT molecular complexity index is 1100. The van der Waals surface area contributed by atoms with E-state index in [9.17, 15) is 23.1 Å². The number of rotatable bonds is 8. The van der Waals surface area contributed by atoms with Crippen molar-refractivity contribution in [3.63, 3.8) is 0 Å². The van der Waals surface area contributed by atoms with Crippen LogP contribution in [0, 0.1) is 5.92 Å². The number of fused-ring (bicyclic) bond motifs is 3. The van der Waals surface area contributed by atoms with Gasteiger partial charge >= 0.3 is 12.5 Å². The van der Waals surface area contributed by atoms with Crippen LogP contribution in [0.2, 0.25) is 0 Å². The molecule has 1 amide bonds. The molecule has 0 spiro atoms. The predicted molar refractivity (Wildman–Crippen MR) is 120 cm³/mol. The molecule has 3 aromatic carbocycles. The van der Waals surface area contributed by atoms with Crippen molar-refractivity contribution in [3.8, 4) is 16.9 Å². The molecule has 34 heavy (non-hydrogen) atoms. The number of carbonyl (C=O) groups is 1. The van der Waals surface area contributed by atoms with Crippen LogP contribution in [-0.2, 0) is 11.2 Å². The van der Waals surface area contributed by atoms with Gasteiger partial charge in [0.1, 0.15) is 12.4 Å². The zero-order valence-electron chi connectivity index (χ0n) is 18.2. The standard InChI is InChI=1S/C26H24F3NO4/c27-26(28,29)34-24-12-6-1-7-18(24)13-17(15-31)14-30-25(32)33-16-23-21-10-4-2-8-19(21)20-9-3-5-11-22(20)23/h1-12,17,23,31H,13-16H2,(H,30,32). The van der Waals surface area contributed by atoms with E-state index >= 15 is 0 Å². The summed E-state index contributed by atoms with van der Waals surface area (Å²) in [6.45, 7) is -0.149. The molecule has 178 valence electrons. The number of alkyl carbamates (subject to hydrolysis) is 1. The van der Waals surface area contributed by atoms with Crippen molar-refractivity contribution in [1.29, 1.82) is 0 Å². The van der Waals surface area contributed by atoms with Gasteiger partial charge in [-0.3, -0.25) is 0 Å². The number of amides is 1. The third-order valence-electron chi connectivity index (χ3n) is 5.84. The number of ether oxygens (including phenoxy) is 2. The maximum atomic E-state index is 12.6. The fourth-order valence-electron chi connectivity index (χ4n) is 4.29. The molecule has 0 aromatic heterocycles. The lowest BCUT2D eigenvalue weighted by Gasteiger charge is -2.19. The zero-order valence-corrected chi connectivity index (χ0v) is 18.2. The molecule has 2 N–H and O–H groups in total. The van der Waals surface area contributed by atoms with E-state index in [4.69, 9.17) is 4.74 Å². The van der Waals surface area contributed by atoms with Gasteiger partial charge in [-0.15, -0.1) is 13.2 Å². The van der Waals surface area contributed by atoms with E-state index in [-0.39, 0.29) is 43.4 Å². The van der Waals surface area contributed by atoms with E-state index in [1.165, 1.54) is 18.2 Å². The van der Waals surface area contributed by atoms with E-state index < -0.39 is 18.4 Å². The van der Waals surface area contributed by atoms with Gasteiger partial charge in [0.15, 0.2) is 0 Å². The second-order valence-electron chi connectivity index (χ2n) is 8.11. The van der Waals surface area contributed by atoms with Crippen molar-refractivity contribution in [2.45, 2.75) is 18.7 Å². The lowest BCUT2D eigenvalue weighted by Crippen LogP contribution is -2.33. The van der Waals surface area contributed by atoms with Gasteiger partial charge < -0.3 is 19.9 Å². The number of aliphatic hydroxyl groups is 1. The van der Waals surface area contributed by atoms with Crippen molar-refractivity contribution in [1.82, 2.24) is 5.32 Å². The van der Waals surface area contributed by atoms with Crippen molar-refractivity contribution in [2.75, 3.05) is 19.8 Å². The summed E-state index contributed by atoms with van der Waals surface area (Å²) in [7, 11) is 0. The molecule has 1 aliphatic rings. The number of carbonyl (C=O) groups excluding carboxylic acids is 1. The molecule has 5 nitrogen and oxygen atoms in total. The number of benzene rings is 3. The molecule has 8 heteroatoms. The Labute approximate surface area is 195 Å². The highest BCUT2D eigenvalue weighted by Crippen LogP contribution is 2.44. The molecule has 0 aliphatic heterocycles. The fourth-order valence-corrected chi connectivity index (χ4v) is 4.29. The van der Waals surface area contributed by atoms with Crippen molar-refractivity contribution >= 4 is 6.09 Å². The second kappa shape index (κ2) is 10.2. The highest BCUT2D eigenvalue weighted by Gasteiger charge is 2.32. The summed E-state index contributed by atoms with van der Waals surface area (Å²) in [4.78, 5) is 12.4. The molecular weight excluding hydrogens is 447 g/mol. The van der Waals surface area contributed by atoms with E-state index in [2.05, 4.69) is 10.1 Å². The van der Waals surface area contributed by atoms with Crippen molar-refractivity contribution in [2.24, 2.45) is 5.92 Å². The minimum atomic E-state index is -4.82. The Morgan fingerprint density at radius 2 is 1.53 bits per heavy atom. The van der Waals surface area contributed by atoms with Crippen LogP contribution in [0.1, 0.15) is 22.6 Å². The molecule has 1 atom stereocenters. The topological polar surface area (TPSA) is 67.8 Å². The number of aliphatic hydroxyl groups excluding tert-OH is 1. The van der Waals surface area contributed by atoms with E-state index in [0.717, 1.165) is 22.3 Å². The average Bonchev–Trinajstić information content (AvgIpc) is 3.14. The van der Waals surface area contributed by atoms with Gasteiger partial charge in [0.25, 0.3) is 0 Å². The van der Waals surface area contributed by atoms with Crippen LogP contribution in [0.3, 0.4) is 0 Å².